The van der Waals surface area contributed by atoms with E-state index in [0.717, 1.165) is 82.1 Å². The lowest BCUT2D eigenvalue weighted by Crippen LogP contribution is -2.36. The van der Waals surface area contributed by atoms with Gasteiger partial charge in [0.15, 0.2) is 0 Å². The number of imidazole rings is 2. The number of ether oxygens (including phenoxy) is 2. The normalized spacial score (nSPS) is 17.0. The van der Waals surface area contributed by atoms with Crippen molar-refractivity contribution in [2.45, 2.75) is 62.8 Å². The Morgan fingerprint density at radius 3 is 1.60 bits per heavy atom. The first-order chi connectivity index (χ1) is 30.3. The van der Waals surface area contributed by atoms with Gasteiger partial charge in [-0.25, -0.2) is 19.6 Å². The van der Waals surface area contributed by atoms with E-state index in [-0.39, 0.29) is 36.7 Å². The predicted octanol–water partition coefficient (Wildman–Crippen LogP) is 8.44. The van der Waals surface area contributed by atoms with Gasteiger partial charge in [0.25, 0.3) is 0 Å². The number of nitrogens with one attached hydrogen (secondary N) is 4. The van der Waals surface area contributed by atoms with Crippen LogP contribution >= 0.6 is 0 Å². The zero-order valence-corrected chi connectivity index (χ0v) is 34.8. The van der Waals surface area contributed by atoms with E-state index in [1.807, 2.05) is 82.9 Å². The number of likely N-dealkylation sites (tertiary alicyclic amines) is 2. The van der Waals surface area contributed by atoms with E-state index in [1.165, 1.54) is 14.2 Å². The Morgan fingerprint density at radius 2 is 1.11 bits per heavy atom. The number of carbonyl (C=O) groups is 4. The molecule has 4 N–H and O–H groups in total. The van der Waals surface area contributed by atoms with Crippen LogP contribution in [0.5, 0.6) is 0 Å². The number of nitrogens with zero attached hydrogens (tertiary/aromatic N) is 4. The summed E-state index contributed by atoms with van der Waals surface area (Å²) in [6, 6.07) is 34.4. The molecule has 2 saturated heterocycles. The number of hydrogen-bond donors (Lipinski definition) is 4. The highest BCUT2D eigenvalue weighted by atomic mass is 16.6. The number of hydrogen-bond acceptors (Lipinski definition) is 8. The molecule has 8 rings (SSSR count). The van der Waals surface area contributed by atoms with Crippen molar-refractivity contribution in [3.05, 3.63) is 144 Å². The standard InChI is InChI=1S/C48H50N8O6/c1-49-47(59)62-42(36-13-7-4-8-14-36)28-44(58)56-26-10-16-41(56)46-51-30-39(53-46)35-23-19-32(20-24-35)31-17-21-34(22-18-31)38-29-50-45(52-38)40-15-9-25-55(40)43(57)27-37(54-48(60)61-2)33-11-5-3-6-12-33/h3-8,11-14,17-24,29-30,37,40-42H,9-10,15-16,25-28H2,1-2H3,(H,49,59)(H,50,52)(H,51,53)(H,54,60)/t37-,40?,41-,42-/m0/s1. The molecule has 14 nitrogen and oxygen atoms in total. The van der Waals surface area contributed by atoms with E-state index in [2.05, 4.69) is 69.1 Å². The van der Waals surface area contributed by atoms with Gasteiger partial charge in [-0.3, -0.25) is 9.59 Å². The highest BCUT2D eigenvalue weighted by Crippen LogP contribution is 2.36. The number of rotatable bonds is 13. The summed E-state index contributed by atoms with van der Waals surface area (Å²) in [6.07, 6.45) is 5.16. The van der Waals surface area contributed by atoms with E-state index in [0.29, 0.717) is 13.1 Å². The van der Waals surface area contributed by atoms with Crippen LogP contribution in [0.15, 0.2) is 122 Å². The molecule has 2 aliphatic rings. The van der Waals surface area contributed by atoms with E-state index in [9.17, 15) is 19.2 Å². The highest BCUT2D eigenvalue weighted by molar-refractivity contribution is 5.80. The van der Waals surface area contributed by atoms with Gasteiger partial charge in [0, 0.05) is 20.1 Å². The van der Waals surface area contributed by atoms with Crippen molar-refractivity contribution in [1.82, 2.24) is 40.4 Å². The minimum absolute atomic E-state index is 0.0323. The number of H-pyrrole nitrogens is 2. The minimum atomic E-state index is -0.706. The third kappa shape index (κ3) is 9.39. The van der Waals surface area contributed by atoms with E-state index >= 15 is 0 Å². The highest BCUT2D eigenvalue weighted by Gasteiger charge is 2.35. The number of aromatic amines is 2. The molecule has 2 aliphatic heterocycles. The van der Waals surface area contributed by atoms with Gasteiger partial charge in [0.05, 0.1) is 61.9 Å². The number of amides is 4. The lowest BCUT2D eigenvalue weighted by atomic mass is 10.0. The fourth-order valence-electron chi connectivity index (χ4n) is 8.48. The van der Waals surface area contributed by atoms with Crippen LogP contribution < -0.4 is 10.6 Å². The smallest absolute Gasteiger partial charge is 0.407 e. The van der Waals surface area contributed by atoms with Crippen LogP contribution in [0, 0.1) is 0 Å². The van der Waals surface area contributed by atoms with Gasteiger partial charge in [0.1, 0.15) is 17.8 Å². The fourth-order valence-corrected chi connectivity index (χ4v) is 8.48. The third-order valence-electron chi connectivity index (χ3n) is 11.7. The van der Waals surface area contributed by atoms with E-state index < -0.39 is 24.3 Å². The van der Waals surface area contributed by atoms with Gasteiger partial charge < -0.3 is 39.9 Å². The molecule has 2 aromatic heterocycles. The Kier molecular flexibility index (Phi) is 12.7. The fraction of sp³-hybridized carbons (Fsp3) is 0.292. The van der Waals surface area contributed by atoms with Crippen molar-refractivity contribution in [2.75, 3.05) is 27.2 Å². The Balaban J connectivity index is 0.894. The molecule has 0 radical (unpaired) electrons. The summed E-state index contributed by atoms with van der Waals surface area (Å²) in [5.41, 5.74) is 7.38. The quantitative estimate of drug-likeness (QED) is 0.0897. The molecule has 0 bridgehead atoms. The van der Waals surface area contributed by atoms with Crippen LogP contribution in [-0.4, -0.2) is 81.0 Å². The third-order valence-corrected chi connectivity index (χ3v) is 11.7. The first kappa shape index (κ1) is 41.5. The molecule has 4 aromatic carbocycles. The lowest BCUT2D eigenvalue weighted by molar-refractivity contribution is -0.134. The van der Waals surface area contributed by atoms with Gasteiger partial charge >= 0.3 is 12.2 Å². The molecule has 0 spiro atoms. The minimum Gasteiger partial charge on any atom is -0.453 e. The summed E-state index contributed by atoms with van der Waals surface area (Å²) in [6.45, 7) is 1.22. The number of alkyl carbamates (subject to hydrolysis) is 2. The Labute approximate surface area is 360 Å². The van der Waals surface area contributed by atoms with E-state index in [4.69, 9.17) is 19.4 Å². The predicted molar refractivity (Wildman–Crippen MR) is 233 cm³/mol. The molecule has 4 atom stereocenters. The number of methoxy groups -OCH3 is 1. The van der Waals surface area contributed by atoms with Gasteiger partial charge in [-0.05, 0) is 59.1 Å². The molecule has 2 fully saturated rings. The SMILES string of the molecule is CNC(=O)O[C@@H](CC(=O)N1CCC[C@H]1c1ncc(-c2ccc(-c3ccc(-c4cnc(C5CCCN5C(=O)C[C@H](NC(=O)OC)c5ccccc5)[nH]4)cc3)cc2)[nH]1)c1ccccc1. The summed E-state index contributed by atoms with van der Waals surface area (Å²) in [7, 11) is 2.81. The number of carbonyl (C=O) groups excluding carboxylic acids is 4. The van der Waals surface area contributed by atoms with Crippen molar-refractivity contribution >= 4 is 24.0 Å². The summed E-state index contributed by atoms with van der Waals surface area (Å²) >= 11 is 0. The van der Waals surface area contributed by atoms with E-state index in [1.54, 1.807) is 0 Å². The molecule has 1 unspecified atom stereocenters. The zero-order chi connectivity index (χ0) is 43.0. The summed E-state index contributed by atoms with van der Waals surface area (Å²) in [4.78, 5) is 71.7. The van der Waals surface area contributed by atoms with Crippen LogP contribution in [0.25, 0.3) is 33.6 Å². The van der Waals surface area contributed by atoms with Crippen molar-refractivity contribution in [3.8, 4) is 33.6 Å². The van der Waals surface area contributed by atoms with Crippen molar-refractivity contribution < 1.29 is 28.7 Å². The summed E-state index contributed by atoms with van der Waals surface area (Å²) in [5, 5.41) is 5.30. The molecule has 14 heteroatoms. The Hall–Kier alpha value is -7.22. The maximum absolute atomic E-state index is 13.7. The van der Waals surface area contributed by atoms with Gasteiger partial charge in [-0.1, -0.05) is 109 Å². The Bertz CT molecular complexity index is 2300. The summed E-state index contributed by atoms with van der Waals surface area (Å²) in [5.74, 6) is 1.31. The van der Waals surface area contributed by atoms with Crippen LogP contribution in [0.3, 0.4) is 0 Å². The van der Waals surface area contributed by atoms with Gasteiger partial charge in [0.2, 0.25) is 11.8 Å². The maximum atomic E-state index is 13.7. The first-order valence-corrected chi connectivity index (χ1v) is 21.0. The van der Waals surface area contributed by atoms with Gasteiger partial charge in [-0.2, -0.15) is 0 Å². The zero-order valence-electron chi connectivity index (χ0n) is 34.8. The molecule has 0 aliphatic carbocycles. The summed E-state index contributed by atoms with van der Waals surface area (Å²) < 4.78 is 10.4. The monoisotopic (exact) mass is 834 g/mol. The van der Waals surface area contributed by atoms with Crippen LogP contribution in [0.4, 0.5) is 9.59 Å². The van der Waals surface area contributed by atoms with Crippen molar-refractivity contribution in [2.24, 2.45) is 0 Å². The molecule has 6 aromatic rings. The second kappa shape index (κ2) is 19.0. The van der Waals surface area contributed by atoms with Crippen LogP contribution in [-0.2, 0) is 19.1 Å². The molecule has 4 heterocycles. The molecule has 4 amide bonds. The van der Waals surface area contributed by atoms with Crippen molar-refractivity contribution in [1.29, 1.82) is 0 Å². The second-order valence-electron chi connectivity index (χ2n) is 15.6. The maximum Gasteiger partial charge on any atom is 0.407 e. The molecule has 0 saturated carbocycles. The average molecular weight is 835 g/mol. The largest absolute Gasteiger partial charge is 0.453 e. The first-order valence-electron chi connectivity index (χ1n) is 21.0. The van der Waals surface area contributed by atoms with Crippen molar-refractivity contribution in [3.63, 3.8) is 0 Å². The molecular weight excluding hydrogens is 785 g/mol. The second-order valence-corrected chi connectivity index (χ2v) is 15.6. The topological polar surface area (TPSA) is 175 Å². The average Bonchev–Trinajstić information content (AvgIpc) is 4.17. The number of benzene rings is 4. The van der Waals surface area contributed by atoms with Gasteiger partial charge in [-0.15, -0.1) is 0 Å². The molecule has 318 valence electrons. The van der Waals surface area contributed by atoms with Crippen LogP contribution in [0.1, 0.15) is 85.5 Å². The number of aromatic nitrogens is 4. The molecule has 62 heavy (non-hydrogen) atoms. The Morgan fingerprint density at radius 1 is 0.645 bits per heavy atom. The molecular formula is C48H50N8O6. The van der Waals surface area contributed by atoms with Crippen LogP contribution in [0.2, 0.25) is 0 Å². The lowest BCUT2D eigenvalue weighted by Gasteiger charge is -2.26.